The van der Waals surface area contributed by atoms with Crippen LogP contribution in [0.4, 0.5) is 17.1 Å². The van der Waals surface area contributed by atoms with E-state index in [0.717, 1.165) is 31.6 Å². The molecule has 3 N–H and O–H groups in total. The summed E-state index contributed by atoms with van der Waals surface area (Å²) < 4.78 is 12.4. The van der Waals surface area contributed by atoms with Gasteiger partial charge in [0.1, 0.15) is 17.4 Å². The first-order valence-corrected chi connectivity index (χ1v) is 16.9. The summed E-state index contributed by atoms with van der Waals surface area (Å²) in [7, 11) is 0. The Morgan fingerprint density at radius 2 is 1.57 bits per heavy atom. The van der Waals surface area contributed by atoms with E-state index in [4.69, 9.17) is 9.47 Å². The number of nitrogens with zero attached hydrogens (tertiary/aromatic N) is 2. The summed E-state index contributed by atoms with van der Waals surface area (Å²) >= 11 is 0. The van der Waals surface area contributed by atoms with Crippen LogP contribution < -0.4 is 20.3 Å². The molecule has 3 fully saturated rings. The topological polar surface area (TPSA) is 120 Å². The van der Waals surface area contributed by atoms with E-state index in [9.17, 15) is 19.5 Å². The van der Waals surface area contributed by atoms with Crippen molar-refractivity contribution in [2.45, 2.75) is 84.0 Å². The van der Waals surface area contributed by atoms with E-state index in [0.29, 0.717) is 49.5 Å². The van der Waals surface area contributed by atoms with Crippen LogP contribution in [0.5, 0.6) is 5.75 Å². The number of hydrogen-bond acceptors (Lipinski definition) is 7. The van der Waals surface area contributed by atoms with Crippen LogP contribution in [-0.4, -0.2) is 77.8 Å². The van der Waals surface area contributed by atoms with Gasteiger partial charge in [-0.1, -0.05) is 19.8 Å². The highest BCUT2D eigenvalue weighted by Crippen LogP contribution is 2.65. The van der Waals surface area contributed by atoms with Crippen molar-refractivity contribution in [1.29, 1.82) is 0 Å². The van der Waals surface area contributed by atoms with Gasteiger partial charge in [0.2, 0.25) is 17.7 Å². The van der Waals surface area contributed by atoms with Crippen molar-refractivity contribution in [3.8, 4) is 5.75 Å². The number of nitrogens with one attached hydrogen (secondary N) is 2. The maximum Gasteiger partial charge on any atom is 0.250 e. The number of carbonyl (C=O) groups excluding carboxylic acids is 3. The quantitative estimate of drug-likeness (QED) is 0.234. The maximum absolute atomic E-state index is 14.4. The van der Waals surface area contributed by atoms with Gasteiger partial charge < -0.3 is 35.0 Å². The van der Waals surface area contributed by atoms with Crippen LogP contribution in [0, 0.1) is 17.8 Å². The van der Waals surface area contributed by atoms with Crippen molar-refractivity contribution < 1.29 is 29.0 Å². The number of likely N-dealkylation sites (tertiary alicyclic amines) is 1. The molecule has 1 spiro atoms. The third kappa shape index (κ3) is 6.09. The first-order valence-electron chi connectivity index (χ1n) is 16.9. The van der Waals surface area contributed by atoms with Crippen molar-refractivity contribution >= 4 is 34.8 Å². The molecule has 2 aromatic carbocycles. The minimum atomic E-state index is -1.12. The van der Waals surface area contributed by atoms with Gasteiger partial charge in [0.05, 0.1) is 24.0 Å². The second-order valence-corrected chi connectivity index (χ2v) is 13.0. The molecule has 3 unspecified atom stereocenters. The number of rotatable bonds is 15. The van der Waals surface area contributed by atoms with E-state index in [1.807, 2.05) is 45.0 Å². The summed E-state index contributed by atoms with van der Waals surface area (Å²) in [5.74, 6) is -1.68. The molecule has 3 amide bonds. The van der Waals surface area contributed by atoms with Gasteiger partial charge in [-0.05, 0) is 101 Å². The zero-order chi connectivity index (χ0) is 33.1. The van der Waals surface area contributed by atoms with Crippen molar-refractivity contribution in [3.05, 3.63) is 48.5 Å². The smallest absolute Gasteiger partial charge is 0.250 e. The number of aliphatic hydroxyl groups excluding tert-OH is 1. The Kier molecular flexibility index (Phi) is 10.3. The van der Waals surface area contributed by atoms with Crippen LogP contribution in [0.2, 0.25) is 0 Å². The first kappa shape index (κ1) is 33.7. The number of amides is 3. The zero-order valence-electron chi connectivity index (χ0n) is 27.9. The Morgan fingerprint density at radius 1 is 0.957 bits per heavy atom. The Labute approximate surface area is 272 Å². The van der Waals surface area contributed by atoms with Crippen LogP contribution >= 0.6 is 0 Å². The Bertz CT molecular complexity index is 1380. The van der Waals surface area contributed by atoms with E-state index >= 15 is 0 Å². The van der Waals surface area contributed by atoms with E-state index in [2.05, 4.69) is 29.4 Å². The number of fused-ring (bicyclic) bond motifs is 1. The minimum Gasteiger partial charge on any atom is -0.494 e. The summed E-state index contributed by atoms with van der Waals surface area (Å²) in [6.45, 7) is 12.9. The molecule has 0 aliphatic carbocycles. The van der Waals surface area contributed by atoms with Crippen molar-refractivity contribution in [2.75, 3.05) is 48.4 Å². The van der Waals surface area contributed by atoms with Gasteiger partial charge in [0.15, 0.2) is 0 Å². The number of hydrogen-bond donors (Lipinski definition) is 3. The molecule has 3 saturated heterocycles. The van der Waals surface area contributed by atoms with Crippen LogP contribution in [0.15, 0.2) is 48.5 Å². The molecule has 10 heteroatoms. The lowest BCUT2D eigenvalue weighted by atomic mass is 9.62. The monoisotopic (exact) mass is 634 g/mol. The second kappa shape index (κ2) is 14.0. The Balaban J connectivity index is 1.43. The molecule has 46 heavy (non-hydrogen) atoms. The lowest BCUT2D eigenvalue weighted by Crippen LogP contribution is -2.54. The van der Waals surface area contributed by atoms with Gasteiger partial charge in [-0.2, -0.15) is 0 Å². The number of carbonyl (C=O) groups is 3. The molecule has 10 nitrogen and oxygen atoms in total. The maximum atomic E-state index is 14.4. The summed E-state index contributed by atoms with van der Waals surface area (Å²) in [5, 5.41) is 15.3. The third-order valence-corrected chi connectivity index (χ3v) is 10.3. The van der Waals surface area contributed by atoms with E-state index in [1.54, 1.807) is 29.2 Å². The third-order valence-electron chi connectivity index (χ3n) is 10.3. The fourth-order valence-corrected chi connectivity index (χ4v) is 8.00. The van der Waals surface area contributed by atoms with Crippen molar-refractivity contribution in [3.63, 3.8) is 0 Å². The summed E-state index contributed by atoms with van der Waals surface area (Å²) in [4.78, 5) is 46.7. The van der Waals surface area contributed by atoms with Gasteiger partial charge >= 0.3 is 0 Å². The molecule has 0 aromatic heterocycles. The summed E-state index contributed by atoms with van der Waals surface area (Å²) in [6.07, 6.45) is 3.54. The Hall–Kier alpha value is -3.63. The van der Waals surface area contributed by atoms with Crippen molar-refractivity contribution in [1.82, 2.24) is 4.90 Å². The number of anilines is 3. The van der Waals surface area contributed by atoms with Crippen LogP contribution in [0.25, 0.3) is 0 Å². The largest absolute Gasteiger partial charge is 0.494 e. The summed E-state index contributed by atoms with van der Waals surface area (Å²) in [5.41, 5.74) is 0.292. The van der Waals surface area contributed by atoms with Gasteiger partial charge in [-0.25, -0.2) is 0 Å². The van der Waals surface area contributed by atoms with Gasteiger partial charge in [0, 0.05) is 43.3 Å². The number of aliphatic hydroxyl groups is 1. The van der Waals surface area contributed by atoms with Crippen LogP contribution in [0.1, 0.15) is 66.7 Å². The van der Waals surface area contributed by atoms with Crippen LogP contribution in [0.3, 0.4) is 0 Å². The normalized spacial score (nSPS) is 27.9. The number of ether oxygens (including phenoxy) is 2. The Morgan fingerprint density at radius 3 is 2.17 bits per heavy atom. The standard InChI is InChI=1S/C36H50N4O6/c1-6-39(7-2)27-17-13-25(14-18-27)38-33(43)31-36-23-24(4)35(5,46-36)29(30(36)34(44)40(31)21-11-9-10-12-22-41)32(42)37-26-15-19-28(20-16-26)45-8-3/h13-20,24,29-31,41H,6-12,21-23H2,1-5H3,(H,37,42)(H,38,43)/t24?,29-,30+,31?,35+,36?/m1/s1. The highest BCUT2D eigenvalue weighted by molar-refractivity contribution is 6.05. The molecule has 3 aliphatic heterocycles. The van der Waals surface area contributed by atoms with E-state index < -0.39 is 29.1 Å². The fraction of sp³-hybridized carbons (Fsp3) is 0.583. The molecule has 6 atom stereocenters. The second-order valence-electron chi connectivity index (χ2n) is 13.0. The van der Waals surface area contributed by atoms with Gasteiger partial charge in [-0.15, -0.1) is 0 Å². The molecule has 0 saturated carbocycles. The molecule has 2 bridgehead atoms. The predicted molar refractivity (Wildman–Crippen MR) is 179 cm³/mol. The highest BCUT2D eigenvalue weighted by atomic mass is 16.5. The molecule has 250 valence electrons. The molecule has 5 rings (SSSR count). The van der Waals surface area contributed by atoms with E-state index in [-0.39, 0.29) is 30.2 Å². The van der Waals surface area contributed by atoms with Gasteiger partial charge in [-0.3, -0.25) is 14.4 Å². The first-order chi connectivity index (χ1) is 22.1. The molecule has 3 aliphatic rings. The zero-order valence-corrected chi connectivity index (χ0v) is 27.9. The predicted octanol–water partition coefficient (Wildman–Crippen LogP) is 5.07. The highest BCUT2D eigenvalue weighted by Gasteiger charge is 2.79. The lowest BCUT2D eigenvalue weighted by Gasteiger charge is -2.36. The average Bonchev–Trinajstić information content (AvgIpc) is 3.55. The molecule has 2 aromatic rings. The van der Waals surface area contributed by atoms with Crippen LogP contribution in [-0.2, 0) is 19.1 Å². The molecular formula is C36H50N4O6. The molecule has 0 radical (unpaired) electrons. The lowest BCUT2D eigenvalue weighted by molar-refractivity contribution is -0.144. The minimum absolute atomic E-state index is 0.0548. The van der Waals surface area contributed by atoms with Crippen molar-refractivity contribution in [2.24, 2.45) is 17.8 Å². The average molecular weight is 635 g/mol. The fourth-order valence-electron chi connectivity index (χ4n) is 8.00. The van der Waals surface area contributed by atoms with E-state index in [1.165, 1.54) is 0 Å². The SMILES string of the molecule is CCOc1ccc(NC(=O)[C@H]2[C@H]3C(=O)N(CCCCCCO)C(C(=O)Nc4ccc(N(CC)CC)cc4)C34CC(C)[C@]2(C)O4)cc1. The number of benzene rings is 2. The molecule has 3 heterocycles. The molecular weight excluding hydrogens is 584 g/mol. The number of unbranched alkanes of at least 4 members (excludes halogenated alkanes) is 3. The van der Waals surface area contributed by atoms with Gasteiger partial charge in [0.25, 0.3) is 0 Å². The summed E-state index contributed by atoms with van der Waals surface area (Å²) in [6, 6.07) is 14.1.